The number of phenolic OH excluding ortho intramolecular Hbond substituents is 1. The second-order valence-electron chi connectivity index (χ2n) is 8.39. The molecule has 0 saturated carbocycles. The molecular weight excluding hydrogens is 400 g/mol. The van der Waals surface area contributed by atoms with E-state index in [0.717, 1.165) is 36.8 Å². The van der Waals surface area contributed by atoms with Crippen LogP contribution in [0, 0.1) is 0 Å². The van der Waals surface area contributed by atoms with Gasteiger partial charge in [0.05, 0.1) is 6.61 Å². The van der Waals surface area contributed by atoms with Gasteiger partial charge in [0.2, 0.25) is 0 Å². The van der Waals surface area contributed by atoms with Crippen molar-refractivity contribution in [3.63, 3.8) is 0 Å². The number of aromatic hydroxyl groups is 1. The molecule has 0 aliphatic carbocycles. The van der Waals surface area contributed by atoms with E-state index in [1.165, 1.54) is 30.1 Å². The van der Waals surface area contributed by atoms with Gasteiger partial charge in [-0.25, -0.2) is 4.79 Å². The fourth-order valence-electron chi connectivity index (χ4n) is 2.81. The topological polar surface area (TPSA) is 55.8 Å². The van der Waals surface area contributed by atoms with Crippen molar-refractivity contribution in [2.24, 2.45) is 0 Å². The van der Waals surface area contributed by atoms with Gasteiger partial charge in [-0.05, 0) is 76.8 Å². The lowest BCUT2D eigenvalue weighted by atomic mass is 10.1. The summed E-state index contributed by atoms with van der Waals surface area (Å²) in [6.45, 7) is 11.3. The normalized spacial score (nSPS) is 12.2. The molecule has 32 heavy (non-hydrogen) atoms. The van der Waals surface area contributed by atoms with Crippen LogP contribution in [0.3, 0.4) is 0 Å². The number of rotatable bonds is 14. The number of carbonyl (C=O) groups excluding carboxylic acids is 1. The van der Waals surface area contributed by atoms with Crippen molar-refractivity contribution in [1.82, 2.24) is 0 Å². The zero-order chi connectivity index (χ0) is 23.8. The SMILES string of the molecule is CCCCCCOc1cc(C=CC(=O)OCC=C(C)CC=C(C)CC=C(C)C)ccc1O. The highest BCUT2D eigenvalue weighted by Crippen LogP contribution is 2.27. The summed E-state index contributed by atoms with van der Waals surface area (Å²) < 4.78 is 10.9. The first kappa shape index (κ1) is 27.3. The number of hydrogen-bond acceptors (Lipinski definition) is 4. The fourth-order valence-corrected chi connectivity index (χ4v) is 2.81. The Morgan fingerprint density at radius 2 is 1.69 bits per heavy atom. The summed E-state index contributed by atoms with van der Waals surface area (Å²) in [6.07, 6.45) is 15.7. The number of hydrogen-bond donors (Lipinski definition) is 1. The van der Waals surface area contributed by atoms with Crippen molar-refractivity contribution < 1.29 is 19.4 Å². The van der Waals surface area contributed by atoms with E-state index >= 15 is 0 Å². The summed E-state index contributed by atoms with van der Waals surface area (Å²) in [5, 5.41) is 9.96. The van der Waals surface area contributed by atoms with Crippen LogP contribution in [-0.4, -0.2) is 24.3 Å². The van der Waals surface area contributed by atoms with Crippen molar-refractivity contribution in [1.29, 1.82) is 0 Å². The molecule has 0 aromatic heterocycles. The van der Waals surface area contributed by atoms with Gasteiger partial charge < -0.3 is 14.6 Å². The molecule has 176 valence electrons. The molecule has 1 aromatic rings. The van der Waals surface area contributed by atoms with Crippen LogP contribution in [0.4, 0.5) is 0 Å². The number of unbranched alkanes of at least 4 members (excludes halogenated alkanes) is 3. The predicted octanol–water partition coefficient (Wildman–Crippen LogP) is 7.55. The van der Waals surface area contributed by atoms with Gasteiger partial charge in [-0.3, -0.25) is 0 Å². The lowest BCUT2D eigenvalue weighted by Crippen LogP contribution is -2.00. The largest absolute Gasteiger partial charge is 0.504 e. The molecule has 0 unspecified atom stereocenters. The van der Waals surface area contributed by atoms with Crippen molar-refractivity contribution in [3.8, 4) is 11.5 Å². The van der Waals surface area contributed by atoms with E-state index in [1.54, 1.807) is 24.3 Å². The van der Waals surface area contributed by atoms with Crippen LogP contribution >= 0.6 is 0 Å². The molecule has 1 N–H and O–H groups in total. The molecule has 0 heterocycles. The van der Waals surface area contributed by atoms with Gasteiger partial charge in [0.25, 0.3) is 0 Å². The highest BCUT2D eigenvalue weighted by molar-refractivity contribution is 5.87. The highest BCUT2D eigenvalue weighted by atomic mass is 16.5. The molecule has 1 aromatic carbocycles. The van der Waals surface area contributed by atoms with Crippen LogP contribution < -0.4 is 4.74 Å². The number of esters is 1. The first-order valence-electron chi connectivity index (χ1n) is 11.6. The van der Waals surface area contributed by atoms with Crippen molar-refractivity contribution in [3.05, 3.63) is 64.8 Å². The van der Waals surface area contributed by atoms with Crippen molar-refractivity contribution in [2.45, 2.75) is 73.1 Å². The smallest absolute Gasteiger partial charge is 0.331 e. The van der Waals surface area contributed by atoms with Gasteiger partial charge in [-0.15, -0.1) is 0 Å². The maximum absolute atomic E-state index is 12.0. The Labute approximate surface area is 194 Å². The minimum atomic E-state index is -0.403. The maximum atomic E-state index is 12.0. The monoisotopic (exact) mass is 440 g/mol. The molecule has 0 saturated heterocycles. The molecule has 4 nitrogen and oxygen atoms in total. The second-order valence-corrected chi connectivity index (χ2v) is 8.39. The zero-order valence-electron chi connectivity index (χ0n) is 20.4. The molecule has 0 bridgehead atoms. The molecule has 4 heteroatoms. The van der Waals surface area contributed by atoms with Crippen LogP contribution in [0.1, 0.15) is 78.7 Å². The maximum Gasteiger partial charge on any atom is 0.331 e. The van der Waals surface area contributed by atoms with Gasteiger partial charge in [-0.1, -0.05) is 61.1 Å². The Hall–Kier alpha value is -2.75. The summed E-state index contributed by atoms with van der Waals surface area (Å²) in [4.78, 5) is 12.0. The van der Waals surface area contributed by atoms with Crippen LogP contribution in [0.5, 0.6) is 11.5 Å². The van der Waals surface area contributed by atoms with Gasteiger partial charge in [0.1, 0.15) is 6.61 Å². The Morgan fingerprint density at radius 3 is 2.41 bits per heavy atom. The molecule has 0 spiro atoms. The summed E-state index contributed by atoms with van der Waals surface area (Å²) >= 11 is 0. The summed E-state index contributed by atoms with van der Waals surface area (Å²) in [5.41, 5.74) is 4.59. The number of benzene rings is 1. The molecule has 0 radical (unpaired) electrons. The lowest BCUT2D eigenvalue weighted by Gasteiger charge is -2.08. The van der Waals surface area contributed by atoms with Crippen molar-refractivity contribution >= 4 is 12.0 Å². The van der Waals surface area contributed by atoms with Crippen LogP contribution in [0.15, 0.2) is 59.2 Å². The molecule has 0 atom stereocenters. The third-order valence-electron chi connectivity index (χ3n) is 4.91. The molecule has 1 rings (SSSR count). The Kier molecular flexibility index (Phi) is 13.6. The minimum absolute atomic E-state index is 0.103. The van der Waals surface area contributed by atoms with Gasteiger partial charge in [0, 0.05) is 6.08 Å². The third-order valence-corrected chi connectivity index (χ3v) is 4.91. The lowest BCUT2D eigenvalue weighted by molar-refractivity contribution is -0.136. The van der Waals surface area contributed by atoms with E-state index in [-0.39, 0.29) is 12.4 Å². The van der Waals surface area contributed by atoms with Gasteiger partial charge in [-0.2, -0.15) is 0 Å². The predicted molar refractivity (Wildman–Crippen MR) is 134 cm³/mol. The van der Waals surface area contributed by atoms with Crippen LogP contribution in [0.2, 0.25) is 0 Å². The standard InChI is InChI=1S/C28H40O4/c1-6-7-8-9-19-31-27-21-25(14-16-26(27)29)15-17-28(30)32-20-18-24(5)13-12-23(4)11-10-22(2)3/h10,12,14-18,21,29H,6-9,11,13,19-20H2,1-5H3. The Balaban J connectivity index is 2.47. The average Bonchev–Trinajstić information content (AvgIpc) is 2.76. The van der Waals surface area contributed by atoms with Gasteiger partial charge in [0.15, 0.2) is 11.5 Å². The Morgan fingerprint density at radius 1 is 0.969 bits per heavy atom. The van der Waals surface area contributed by atoms with E-state index in [9.17, 15) is 9.90 Å². The summed E-state index contributed by atoms with van der Waals surface area (Å²) in [7, 11) is 0. The zero-order valence-corrected chi connectivity index (χ0v) is 20.4. The summed E-state index contributed by atoms with van der Waals surface area (Å²) in [5.74, 6) is 0.133. The van der Waals surface area contributed by atoms with E-state index in [4.69, 9.17) is 9.47 Å². The Bertz CT molecular complexity index is 824. The van der Waals surface area contributed by atoms with E-state index in [2.05, 4.69) is 39.8 Å². The van der Waals surface area contributed by atoms with E-state index in [0.29, 0.717) is 12.4 Å². The van der Waals surface area contributed by atoms with Crippen molar-refractivity contribution in [2.75, 3.05) is 13.2 Å². The minimum Gasteiger partial charge on any atom is -0.504 e. The number of ether oxygens (including phenoxy) is 2. The van der Waals surface area contributed by atoms with E-state index in [1.807, 2.05) is 13.0 Å². The quantitative estimate of drug-likeness (QED) is 0.140. The van der Waals surface area contributed by atoms with Crippen LogP contribution in [-0.2, 0) is 9.53 Å². The first-order chi connectivity index (χ1) is 15.3. The molecular formula is C28H40O4. The average molecular weight is 441 g/mol. The molecule has 0 amide bonds. The number of carbonyl (C=O) groups is 1. The summed E-state index contributed by atoms with van der Waals surface area (Å²) in [6, 6.07) is 5.04. The second kappa shape index (κ2) is 16.0. The number of allylic oxidation sites excluding steroid dienone is 5. The molecule has 0 aliphatic heterocycles. The highest BCUT2D eigenvalue weighted by Gasteiger charge is 2.04. The molecule has 0 fully saturated rings. The van der Waals surface area contributed by atoms with E-state index < -0.39 is 5.97 Å². The van der Waals surface area contributed by atoms with Gasteiger partial charge >= 0.3 is 5.97 Å². The van der Waals surface area contributed by atoms with Crippen LogP contribution in [0.25, 0.3) is 6.08 Å². The first-order valence-corrected chi connectivity index (χ1v) is 11.6. The number of phenols is 1. The fraction of sp³-hybridized carbons (Fsp3) is 0.464. The molecule has 0 aliphatic rings. The third kappa shape index (κ3) is 12.8.